The Labute approximate surface area is 94.1 Å². The second kappa shape index (κ2) is 3.27. The van der Waals surface area contributed by atoms with Crippen molar-refractivity contribution in [2.75, 3.05) is 0 Å². The van der Waals surface area contributed by atoms with Crippen molar-refractivity contribution in [1.82, 2.24) is 0 Å². The lowest BCUT2D eigenvalue weighted by atomic mass is 9.95. The molecule has 80 valence electrons. The highest BCUT2D eigenvalue weighted by Crippen LogP contribution is 2.43. The van der Waals surface area contributed by atoms with E-state index in [1.807, 2.05) is 37.3 Å². The highest BCUT2D eigenvalue weighted by molar-refractivity contribution is 5.80. The van der Waals surface area contributed by atoms with Crippen LogP contribution in [0.15, 0.2) is 36.4 Å². The van der Waals surface area contributed by atoms with Gasteiger partial charge >= 0.3 is 0 Å². The minimum atomic E-state index is 0.294. The van der Waals surface area contributed by atoms with Gasteiger partial charge in [-0.15, -0.1) is 0 Å². The molecule has 0 amide bonds. The SMILES string of the molecule is Cc1cc(O)c2c(c1)OCc1ccccc1-2. The molecule has 16 heavy (non-hydrogen) atoms. The molecular weight excluding hydrogens is 200 g/mol. The van der Waals surface area contributed by atoms with Crippen molar-refractivity contribution in [2.45, 2.75) is 13.5 Å². The van der Waals surface area contributed by atoms with Crippen molar-refractivity contribution < 1.29 is 9.84 Å². The largest absolute Gasteiger partial charge is 0.507 e. The highest BCUT2D eigenvalue weighted by atomic mass is 16.5. The molecular formula is C14H12O2. The summed E-state index contributed by atoms with van der Waals surface area (Å²) in [5.41, 5.74) is 4.01. The van der Waals surface area contributed by atoms with E-state index in [0.29, 0.717) is 12.4 Å². The maximum atomic E-state index is 10.0. The lowest BCUT2D eigenvalue weighted by Crippen LogP contribution is -2.05. The molecule has 0 unspecified atom stereocenters. The number of aromatic hydroxyl groups is 1. The fraction of sp³-hybridized carbons (Fsp3) is 0.143. The first kappa shape index (κ1) is 9.28. The van der Waals surface area contributed by atoms with Gasteiger partial charge in [0.25, 0.3) is 0 Å². The summed E-state index contributed by atoms with van der Waals surface area (Å²) >= 11 is 0. The summed E-state index contributed by atoms with van der Waals surface area (Å²) in [7, 11) is 0. The molecule has 0 aliphatic carbocycles. The minimum absolute atomic E-state index is 0.294. The van der Waals surface area contributed by atoms with Crippen LogP contribution in [-0.2, 0) is 6.61 Å². The third-order valence-electron chi connectivity index (χ3n) is 2.90. The Morgan fingerprint density at radius 2 is 2.00 bits per heavy atom. The van der Waals surface area contributed by atoms with Crippen LogP contribution < -0.4 is 4.74 Å². The van der Waals surface area contributed by atoms with Crippen LogP contribution in [0.3, 0.4) is 0 Å². The molecule has 0 spiro atoms. The summed E-state index contributed by atoms with van der Waals surface area (Å²) in [5.74, 6) is 1.07. The average Bonchev–Trinajstić information content (AvgIpc) is 2.28. The summed E-state index contributed by atoms with van der Waals surface area (Å²) in [4.78, 5) is 0. The molecule has 2 nitrogen and oxygen atoms in total. The molecule has 3 rings (SSSR count). The Hall–Kier alpha value is -1.96. The zero-order valence-corrected chi connectivity index (χ0v) is 9.03. The van der Waals surface area contributed by atoms with Gasteiger partial charge in [0, 0.05) is 0 Å². The van der Waals surface area contributed by atoms with Crippen LogP contribution >= 0.6 is 0 Å². The van der Waals surface area contributed by atoms with Crippen molar-refractivity contribution in [3.8, 4) is 22.6 Å². The number of phenols is 1. The summed E-state index contributed by atoms with van der Waals surface area (Å²) in [6.45, 7) is 2.52. The van der Waals surface area contributed by atoms with Gasteiger partial charge < -0.3 is 9.84 Å². The number of ether oxygens (including phenoxy) is 1. The maximum absolute atomic E-state index is 10.0. The van der Waals surface area contributed by atoms with E-state index in [1.54, 1.807) is 6.07 Å². The van der Waals surface area contributed by atoms with Crippen molar-refractivity contribution >= 4 is 0 Å². The van der Waals surface area contributed by atoms with E-state index in [-0.39, 0.29) is 0 Å². The van der Waals surface area contributed by atoms with Crippen LogP contribution in [-0.4, -0.2) is 5.11 Å². The third-order valence-corrected chi connectivity index (χ3v) is 2.90. The molecule has 0 radical (unpaired) electrons. The number of fused-ring (bicyclic) bond motifs is 3. The first-order valence-corrected chi connectivity index (χ1v) is 5.30. The Balaban J connectivity index is 2.32. The fourth-order valence-electron chi connectivity index (χ4n) is 2.16. The summed E-state index contributed by atoms with van der Waals surface area (Å²) in [5, 5.41) is 10.0. The van der Waals surface area contributed by atoms with E-state index in [0.717, 1.165) is 28.0 Å². The third kappa shape index (κ3) is 1.27. The molecule has 2 heteroatoms. The van der Waals surface area contributed by atoms with Gasteiger partial charge in [-0.2, -0.15) is 0 Å². The molecule has 2 aromatic carbocycles. The van der Waals surface area contributed by atoms with Gasteiger partial charge in [0.15, 0.2) is 0 Å². The molecule has 1 aliphatic rings. The zero-order chi connectivity index (χ0) is 11.1. The Kier molecular flexibility index (Phi) is 1.90. The van der Waals surface area contributed by atoms with Crippen LogP contribution in [0.4, 0.5) is 0 Å². The predicted octanol–water partition coefficient (Wildman–Crippen LogP) is 3.26. The Morgan fingerprint density at radius 1 is 1.19 bits per heavy atom. The van der Waals surface area contributed by atoms with E-state index in [9.17, 15) is 5.11 Å². The first-order valence-electron chi connectivity index (χ1n) is 5.30. The standard InChI is InChI=1S/C14H12O2/c1-9-6-12(15)14-11-5-3-2-4-10(11)8-16-13(14)7-9/h2-7,15H,8H2,1H3. The minimum Gasteiger partial charge on any atom is -0.507 e. The smallest absolute Gasteiger partial charge is 0.131 e. The van der Waals surface area contributed by atoms with E-state index < -0.39 is 0 Å². The second-order valence-electron chi connectivity index (χ2n) is 4.10. The second-order valence-corrected chi connectivity index (χ2v) is 4.10. The number of hydrogen-bond acceptors (Lipinski definition) is 2. The Bertz CT molecular complexity index is 559. The normalized spacial score (nSPS) is 12.6. The maximum Gasteiger partial charge on any atom is 0.131 e. The zero-order valence-electron chi connectivity index (χ0n) is 9.03. The van der Waals surface area contributed by atoms with Gasteiger partial charge in [0.2, 0.25) is 0 Å². The molecule has 0 fully saturated rings. The van der Waals surface area contributed by atoms with E-state index in [1.165, 1.54) is 0 Å². The van der Waals surface area contributed by atoms with Crippen molar-refractivity contribution in [1.29, 1.82) is 0 Å². The average molecular weight is 212 g/mol. The lowest BCUT2D eigenvalue weighted by molar-refractivity contribution is 0.300. The number of phenolic OH excluding ortho intramolecular Hbond substituents is 1. The van der Waals surface area contributed by atoms with Crippen LogP contribution in [0, 0.1) is 6.92 Å². The fourth-order valence-corrected chi connectivity index (χ4v) is 2.16. The first-order chi connectivity index (χ1) is 7.75. The van der Waals surface area contributed by atoms with Crippen molar-refractivity contribution in [2.24, 2.45) is 0 Å². The van der Waals surface area contributed by atoms with Crippen LogP contribution in [0.5, 0.6) is 11.5 Å². The van der Waals surface area contributed by atoms with Crippen molar-refractivity contribution in [3.63, 3.8) is 0 Å². The molecule has 1 N–H and O–H groups in total. The van der Waals surface area contributed by atoms with Gasteiger partial charge in [-0.1, -0.05) is 24.3 Å². The number of aryl methyl sites for hydroxylation is 1. The van der Waals surface area contributed by atoms with Gasteiger partial charge in [-0.3, -0.25) is 0 Å². The molecule has 2 aromatic rings. The molecule has 1 heterocycles. The topological polar surface area (TPSA) is 29.5 Å². The molecule has 1 aliphatic heterocycles. The van der Waals surface area contributed by atoms with Gasteiger partial charge in [0.05, 0.1) is 5.56 Å². The molecule has 0 aromatic heterocycles. The monoisotopic (exact) mass is 212 g/mol. The highest BCUT2D eigenvalue weighted by Gasteiger charge is 2.20. The van der Waals surface area contributed by atoms with Gasteiger partial charge in [0.1, 0.15) is 18.1 Å². The van der Waals surface area contributed by atoms with Crippen molar-refractivity contribution in [3.05, 3.63) is 47.5 Å². The van der Waals surface area contributed by atoms with E-state index in [4.69, 9.17) is 4.74 Å². The summed E-state index contributed by atoms with van der Waals surface area (Å²) in [6, 6.07) is 11.7. The van der Waals surface area contributed by atoms with Crippen LogP contribution in [0.2, 0.25) is 0 Å². The lowest BCUT2D eigenvalue weighted by Gasteiger charge is -2.21. The Morgan fingerprint density at radius 3 is 2.88 bits per heavy atom. The van der Waals surface area contributed by atoms with Gasteiger partial charge in [-0.05, 0) is 35.7 Å². The van der Waals surface area contributed by atoms with Gasteiger partial charge in [-0.25, -0.2) is 0 Å². The number of rotatable bonds is 0. The quantitative estimate of drug-likeness (QED) is 0.726. The van der Waals surface area contributed by atoms with Crippen LogP contribution in [0.25, 0.3) is 11.1 Å². The summed E-state index contributed by atoms with van der Waals surface area (Å²) in [6.07, 6.45) is 0. The summed E-state index contributed by atoms with van der Waals surface area (Å²) < 4.78 is 5.65. The van der Waals surface area contributed by atoms with E-state index >= 15 is 0 Å². The predicted molar refractivity (Wildman–Crippen MR) is 62.6 cm³/mol. The molecule has 0 bridgehead atoms. The molecule has 0 saturated carbocycles. The van der Waals surface area contributed by atoms with Crippen LogP contribution in [0.1, 0.15) is 11.1 Å². The van der Waals surface area contributed by atoms with E-state index in [2.05, 4.69) is 0 Å². The number of benzene rings is 2. The molecule has 0 atom stereocenters. The molecule has 0 saturated heterocycles. The number of hydrogen-bond donors (Lipinski definition) is 1.